The zero-order valence-electron chi connectivity index (χ0n) is 5.03. The van der Waals surface area contributed by atoms with Crippen molar-refractivity contribution in [3.63, 3.8) is 0 Å². The van der Waals surface area contributed by atoms with E-state index in [4.69, 9.17) is 0 Å². The van der Waals surface area contributed by atoms with Gasteiger partial charge in [0.15, 0.2) is 0 Å². The van der Waals surface area contributed by atoms with Gasteiger partial charge in [-0.3, -0.25) is 8.89 Å². The summed E-state index contributed by atoms with van der Waals surface area (Å²) in [6.07, 6.45) is 1.28. The third kappa shape index (κ3) is 8.18. The van der Waals surface area contributed by atoms with Gasteiger partial charge in [0.25, 0.3) is 10.1 Å². The fourth-order valence-corrected chi connectivity index (χ4v) is 0.637. The number of rotatable bonds is 3. The summed E-state index contributed by atoms with van der Waals surface area (Å²) in [7, 11) is -2.16. The van der Waals surface area contributed by atoms with E-state index in [1.165, 1.54) is 6.08 Å². The SMILES string of the molecule is C=CCS(=O)(=O)OC.F.[LiH]. The van der Waals surface area contributed by atoms with Gasteiger partial charge >= 0.3 is 18.9 Å². The molecule has 0 N–H and O–H groups in total. The van der Waals surface area contributed by atoms with Crippen molar-refractivity contribution in [2.75, 3.05) is 12.9 Å². The predicted molar refractivity (Wildman–Crippen MR) is 40.6 cm³/mol. The molecule has 0 saturated heterocycles. The van der Waals surface area contributed by atoms with Crippen molar-refractivity contribution in [1.82, 2.24) is 0 Å². The molecule has 0 unspecified atom stereocenters. The summed E-state index contributed by atoms with van der Waals surface area (Å²) in [4.78, 5) is 0. The average Bonchev–Trinajstić information content (AvgIpc) is 1.67. The molecule has 6 heteroatoms. The molecule has 10 heavy (non-hydrogen) atoms. The van der Waals surface area contributed by atoms with Gasteiger partial charge in [-0.25, -0.2) is 0 Å². The molecule has 0 atom stereocenters. The van der Waals surface area contributed by atoms with E-state index in [9.17, 15) is 8.42 Å². The zero-order chi connectivity index (χ0) is 6.62. The van der Waals surface area contributed by atoms with Crippen LogP contribution in [-0.4, -0.2) is 40.1 Å². The van der Waals surface area contributed by atoms with E-state index in [1.807, 2.05) is 0 Å². The van der Waals surface area contributed by atoms with E-state index in [0.29, 0.717) is 0 Å². The molecule has 0 heterocycles. The van der Waals surface area contributed by atoms with Crippen LogP contribution < -0.4 is 0 Å². The van der Waals surface area contributed by atoms with E-state index >= 15 is 0 Å². The first-order valence-electron chi connectivity index (χ1n) is 2.01. The quantitative estimate of drug-likeness (QED) is 0.325. The first-order valence-corrected chi connectivity index (χ1v) is 3.59. The van der Waals surface area contributed by atoms with Crippen LogP contribution in [0.5, 0.6) is 0 Å². The molecule has 0 aromatic heterocycles. The van der Waals surface area contributed by atoms with Gasteiger partial charge in [0.05, 0.1) is 12.9 Å². The van der Waals surface area contributed by atoms with Crippen LogP contribution in [0.4, 0.5) is 4.70 Å². The van der Waals surface area contributed by atoms with Gasteiger partial charge in [0.1, 0.15) is 0 Å². The Morgan fingerprint density at radius 3 is 2.10 bits per heavy atom. The predicted octanol–water partition coefficient (Wildman–Crippen LogP) is -0.347. The second-order valence-corrected chi connectivity index (χ2v) is 2.96. The summed E-state index contributed by atoms with van der Waals surface area (Å²) in [5.74, 6) is -0.122. The molecule has 0 aliphatic rings. The maximum atomic E-state index is 10.3. The van der Waals surface area contributed by atoms with Crippen LogP contribution in [-0.2, 0) is 14.3 Å². The third-order valence-corrected chi connectivity index (χ3v) is 1.73. The number of hydrogen-bond donors (Lipinski definition) is 0. The Morgan fingerprint density at radius 1 is 1.60 bits per heavy atom. The van der Waals surface area contributed by atoms with Gasteiger partial charge in [-0.15, -0.1) is 6.58 Å². The van der Waals surface area contributed by atoms with Crippen molar-refractivity contribution >= 4 is 29.0 Å². The Kier molecular flexibility index (Phi) is 12.1. The van der Waals surface area contributed by atoms with Gasteiger partial charge in [-0.1, -0.05) is 6.08 Å². The third-order valence-electron chi connectivity index (χ3n) is 0.576. The van der Waals surface area contributed by atoms with Crippen molar-refractivity contribution < 1.29 is 17.3 Å². The van der Waals surface area contributed by atoms with Crippen LogP contribution in [0, 0.1) is 0 Å². The van der Waals surface area contributed by atoms with Crippen molar-refractivity contribution in [3.8, 4) is 0 Å². The first kappa shape index (κ1) is 16.6. The van der Waals surface area contributed by atoms with Crippen LogP contribution >= 0.6 is 0 Å². The minimum atomic E-state index is -3.29. The second-order valence-electron chi connectivity index (χ2n) is 1.18. The average molecular weight is 164 g/mol. The molecule has 0 spiro atoms. The maximum absolute atomic E-state index is 10.3. The first-order chi connectivity index (χ1) is 3.62. The summed E-state index contributed by atoms with van der Waals surface area (Å²) >= 11 is 0. The fraction of sp³-hybridized carbons (Fsp3) is 0.500. The van der Waals surface area contributed by atoms with Gasteiger partial charge < -0.3 is 0 Å². The normalized spacial score (nSPS) is 8.90. The standard InChI is InChI=1S/C4H8O3S.FH.Li.H/c1-3-4-8(5,6)7-2;;;/h3H,1,4H2,2H3;1H;;. The molecule has 0 amide bonds. The van der Waals surface area contributed by atoms with Crippen LogP contribution in [0.15, 0.2) is 12.7 Å². The Morgan fingerprint density at radius 2 is 2.00 bits per heavy atom. The van der Waals surface area contributed by atoms with Crippen LogP contribution in [0.25, 0.3) is 0 Å². The second kappa shape index (κ2) is 7.29. The van der Waals surface area contributed by atoms with Crippen molar-refractivity contribution in [2.24, 2.45) is 0 Å². The van der Waals surface area contributed by atoms with Gasteiger partial charge in [-0.05, 0) is 0 Å². The molecule has 58 valence electrons. The molecule has 0 aromatic carbocycles. The Balaban J connectivity index is -0.000000245. The molecule has 0 aliphatic carbocycles. The topological polar surface area (TPSA) is 43.4 Å². The summed E-state index contributed by atoms with van der Waals surface area (Å²) in [6.45, 7) is 3.23. The summed E-state index contributed by atoms with van der Waals surface area (Å²) < 4.78 is 24.7. The van der Waals surface area contributed by atoms with Gasteiger partial charge in [0.2, 0.25) is 0 Å². The minimum absolute atomic E-state index is 0. The van der Waals surface area contributed by atoms with Crippen LogP contribution in [0.1, 0.15) is 0 Å². The molecule has 0 saturated carbocycles. The van der Waals surface area contributed by atoms with Crippen LogP contribution in [0.2, 0.25) is 0 Å². The molecular weight excluding hydrogens is 154 g/mol. The molecule has 0 aromatic rings. The van der Waals surface area contributed by atoms with Crippen molar-refractivity contribution in [1.29, 1.82) is 0 Å². The number of halogens is 1. The van der Waals surface area contributed by atoms with Crippen molar-refractivity contribution in [3.05, 3.63) is 12.7 Å². The summed E-state index contributed by atoms with van der Waals surface area (Å²) in [5, 5.41) is 0. The molecule has 0 rings (SSSR count). The summed E-state index contributed by atoms with van der Waals surface area (Å²) in [5.41, 5.74) is 0. The number of hydrogen-bond acceptors (Lipinski definition) is 3. The zero-order valence-corrected chi connectivity index (χ0v) is 5.85. The molecule has 0 fully saturated rings. The molecule has 0 aliphatic heterocycles. The molecular formula is C4H10FLiO3S. The van der Waals surface area contributed by atoms with E-state index in [2.05, 4.69) is 10.8 Å². The molecule has 3 nitrogen and oxygen atoms in total. The van der Waals surface area contributed by atoms with E-state index in [0.717, 1.165) is 7.11 Å². The Hall–Kier alpha value is 0.177. The monoisotopic (exact) mass is 164 g/mol. The van der Waals surface area contributed by atoms with E-state index < -0.39 is 10.1 Å². The Labute approximate surface area is 72.1 Å². The van der Waals surface area contributed by atoms with Gasteiger partial charge in [-0.2, -0.15) is 8.42 Å². The molecule has 0 radical (unpaired) electrons. The summed E-state index contributed by atoms with van der Waals surface area (Å²) in [6, 6.07) is 0. The van der Waals surface area contributed by atoms with Crippen LogP contribution in [0.3, 0.4) is 0 Å². The van der Waals surface area contributed by atoms with E-state index in [-0.39, 0.29) is 29.3 Å². The van der Waals surface area contributed by atoms with Gasteiger partial charge in [0, 0.05) is 0 Å². The molecule has 0 bridgehead atoms. The van der Waals surface area contributed by atoms with E-state index in [1.54, 1.807) is 0 Å². The fourth-order valence-electron chi connectivity index (χ4n) is 0.212. The van der Waals surface area contributed by atoms with Crippen molar-refractivity contribution in [2.45, 2.75) is 0 Å². The Bertz CT molecular complexity index is 165.